The Labute approximate surface area is 177 Å². The van der Waals surface area contributed by atoms with Crippen molar-refractivity contribution < 1.29 is 14.3 Å². The maximum absolute atomic E-state index is 12.5. The van der Waals surface area contributed by atoms with E-state index in [2.05, 4.69) is 20.3 Å². The molecule has 152 valence electrons. The summed E-state index contributed by atoms with van der Waals surface area (Å²) in [6.07, 6.45) is 6.92. The fourth-order valence-electron chi connectivity index (χ4n) is 2.74. The van der Waals surface area contributed by atoms with E-state index in [0.29, 0.717) is 30.2 Å². The molecule has 1 amide bonds. The lowest BCUT2D eigenvalue weighted by Crippen LogP contribution is -2.23. The average Bonchev–Trinajstić information content (AvgIpc) is 3.51. The fraction of sp³-hybridized carbons (Fsp3) is 0.143. The minimum absolute atomic E-state index is 0.210. The van der Waals surface area contributed by atoms with Crippen molar-refractivity contribution in [3.63, 3.8) is 0 Å². The summed E-state index contributed by atoms with van der Waals surface area (Å²) in [6, 6.07) is 8.88. The van der Waals surface area contributed by atoms with Gasteiger partial charge in [-0.2, -0.15) is 0 Å². The van der Waals surface area contributed by atoms with Crippen LogP contribution < -0.4 is 14.8 Å². The third kappa shape index (κ3) is 4.64. The number of thiazole rings is 1. The van der Waals surface area contributed by atoms with Crippen molar-refractivity contribution in [2.45, 2.75) is 13.2 Å². The van der Waals surface area contributed by atoms with Crippen LogP contribution in [0.1, 0.15) is 21.6 Å². The van der Waals surface area contributed by atoms with E-state index < -0.39 is 0 Å². The number of carbonyl (C=O) groups excluding carboxylic acids is 1. The molecule has 0 atom stereocenters. The fourth-order valence-corrected chi connectivity index (χ4v) is 3.28. The summed E-state index contributed by atoms with van der Waals surface area (Å²) in [7, 11) is 1.54. The van der Waals surface area contributed by atoms with E-state index in [1.165, 1.54) is 11.3 Å². The smallest absolute Gasteiger partial charge is 0.251 e. The molecule has 30 heavy (non-hydrogen) atoms. The summed E-state index contributed by atoms with van der Waals surface area (Å²) in [4.78, 5) is 25.1. The van der Waals surface area contributed by atoms with Crippen LogP contribution in [0.15, 0.2) is 66.1 Å². The molecular weight excluding hydrogens is 402 g/mol. The molecule has 0 bridgehead atoms. The zero-order valence-corrected chi connectivity index (χ0v) is 17.0. The molecule has 3 aromatic heterocycles. The van der Waals surface area contributed by atoms with Gasteiger partial charge in [-0.1, -0.05) is 6.07 Å². The van der Waals surface area contributed by atoms with Crippen molar-refractivity contribution in [3.8, 4) is 17.3 Å². The van der Waals surface area contributed by atoms with E-state index in [1.54, 1.807) is 49.5 Å². The van der Waals surface area contributed by atoms with E-state index in [-0.39, 0.29) is 5.91 Å². The van der Waals surface area contributed by atoms with Crippen LogP contribution in [0.2, 0.25) is 0 Å². The first-order chi connectivity index (χ1) is 14.7. The Morgan fingerprint density at radius 2 is 2.13 bits per heavy atom. The topological polar surface area (TPSA) is 91.2 Å². The molecule has 0 saturated carbocycles. The van der Waals surface area contributed by atoms with Gasteiger partial charge in [-0.05, 0) is 29.8 Å². The molecule has 1 aromatic carbocycles. The lowest BCUT2D eigenvalue weighted by atomic mass is 10.2. The maximum atomic E-state index is 12.5. The number of methoxy groups -OCH3 is 1. The van der Waals surface area contributed by atoms with Crippen molar-refractivity contribution in [2.75, 3.05) is 7.11 Å². The molecule has 8 nitrogen and oxygen atoms in total. The van der Waals surface area contributed by atoms with Crippen molar-refractivity contribution in [1.29, 1.82) is 0 Å². The second kappa shape index (κ2) is 9.19. The molecule has 0 radical (unpaired) electrons. The number of hydrogen-bond donors (Lipinski definition) is 1. The summed E-state index contributed by atoms with van der Waals surface area (Å²) in [5, 5.41) is 4.81. The minimum Gasteiger partial charge on any atom is -0.493 e. The van der Waals surface area contributed by atoms with E-state index in [4.69, 9.17) is 9.47 Å². The van der Waals surface area contributed by atoms with E-state index in [0.717, 1.165) is 17.1 Å². The Kier molecular flexibility index (Phi) is 6.00. The van der Waals surface area contributed by atoms with Crippen molar-refractivity contribution in [3.05, 3.63) is 83.0 Å². The Bertz CT molecular complexity index is 1100. The normalized spacial score (nSPS) is 10.6. The van der Waals surface area contributed by atoms with Gasteiger partial charge in [0.1, 0.15) is 18.8 Å². The first-order valence-electron chi connectivity index (χ1n) is 9.12. The number of rotatable bonds is 8. The molecular formula is C21H19N5O3S. The number of nitrogens with zero attached hydrogens (tertiary/aromatic N) is 4. The Morgan fingerprint density at radius 3 is 2.83 bits per heavy atom. The Hall–Kier alpha value is -3.72. The van der Waals surface area contributed by atoms with Gasteiger partial charge in [0.25, 0.3) is 5.91 Å². The van der Waals surface area contributed by atoms with Crippen molar-refractivity contribution in [2.24, 2.45) is 0 Å². The van der Waals surface area contributed by atoms with Crippen LogP contribution in [0.5, 0.6) is 11.5 Å². The highest BCUT2D eigenvalue weighted by molar-refractivity contribution is 7.07. The molecule has 0 aliphatic rings. The highest BCUT2D eigenvalue weighted by Gasteiger charge is 2.12. The molecule has 4 aromatic rings. The lowest BCUT2D eigenvalue weighted by molar-refractivity contribution is 0.0950. The van der Waals surface area contributed by atoms with Gasteiger partial charge >= 0.3 is 0 Å². The summed E-state index contributed by atoms with van der Waals surface area (Å²) in [5.41, 5.74) is 3.97. The first-order valence-corrected chi connectivity index (χ1v) is 10.1. The van der Waals surface area contributed by atoms with Crippen LogP contribution in [0.3, 0.4) is 0 Å². The van der Waals surface area contributed by atoms with Gasteiger partial charge in [0.05, 0.1) is 18.3 Å². The van der Waals surface area contributed by atoms with Gasteiger partial charge in [0.2, 0.25) is 0 Å². The third-order valence-electron chi connectivity index (χ3n) is 4.32. The van der Waals surface area contributed by atoms with Crippen LogP contribution in [0.25, 0.3) is 5.82 Å². The predicted molar refractivity (Wildman–Crippen MR) is 112 cm³/mol. The quantitative estimate of drug-likeness (QED) is 0.470. The van der Waals surface area contributed by atoms with Crippen molar-refractivity contribution >= 4 is 17.2 Å². The average molecular weight is 421 g/mol. The number of nitrogens with one attached hydrogen (secondary N) is 1. The summed E-state index contributed by atoms with van der Waals surface area (Å²) >= 11 is 1.51. The molecule has 0 aliphatic carbocycles. The summed E-state index contributed by atoms with van der Waals surface area (Å²) in [6.45, 7) is 0.702. The second-order valence-corrected chi connectivity index (χ2v) is 7.03. The number of amides is 1. The molecule has 4 rings (SSSR count). The van der Waals surface area contributed by atoms with E-state index >= 15 is 0 Å². The second-order valence-electron chi connectivity index (χ2n) is 6.31. The van der Waals surface area contributed by atoms with Gasteiger partial charge in [-0.25, -0.2) is 15.0 Å². The molecule has 0 spiro atoms. The van der Waals surface area contributed by atoms with Crippen LogP contribution in [-0.2, 0) is 13.2 Å². The number of pyridine rings is 1. The largest absolute Gasteiger partial charge is 0.493 e. The van der Waals surface area contributed by atoms with Gasteiger partial charge in [0, 0.05) is 36.1 Å². The van der Waals surface area contributed by atoms with Crippen LogP contribution in [0, 0.1) is 0 Å². The lowest BCUT2D eigenvalue weighted by Gasteiger charge is -2.12. The first kappa shape index (κ1) is 19.6. The maximum Gasteiger partial charge on any atom is 0.251 e. The number of ether oxygens (including phenoxy) is 2. The van der Waals surface area contributed by atoms with Crippen LogP contribution in [-0.4, -0.2) is 32.5 Å². The number of carbonyl (C=O) groups is 1. The van der Waals surface area contributed by atoms with Crippen LogP contribution in [0.4, 0.5) is 0 Å². The predicted octanol–water partition coefficient (Wildman–Crippen LogP) is 3.24. The van der Waals surface area contributed by atoms with E-state index in [1.807, 2.05) is 28.3 Å². The molecule has 0 saturated heterocycles. The zero-order chi connectivity index (χ0) is 20.8. The molecule has 0 aliphatic heterocycles. The number of aromatic nitrogens is 4. The standard InChI is InChI=1S/C21H19N5O3S/c1-28-19-8-16(3-4-18(19)29-11-17-12-30-14-25-17)21(27)24-10-15-2-5-20(23-9-15)26-7-6-22-13-26/h2-9,12-14H,10-11H2,1H3,(H,24,27). The SMILES string of the molecule is COc1cc(C(=O)NCc2ccc(-n3ccnc3)nc2)ccc1OCc1cscn1. The summed E-state index contributed by atoms with van der Waals surface area (Å²) < 4.78 is 12.9. The molecule has 3 heterocycles. The van der Waals surface area contributed by atoms with Crippen LogP contribution >= 0.6 is 11.3 Å². The number of benzene rings is 1. The third-order valence-corrected chi connectivity index (χ3v) is 4.95. The molecule has 0 fully saturated rings. The summed E-state index contributed by atoms with van der Waals surface area (Å²) in [5.74, 6) is 1.60. The zero-order valence-electron chi connectivity index (χ0n) is 16.2. The van der Waals surface area contributed by atoms with Gasteiger partial charge in [-0.15, -0.1) is 11.3 Å². The molecule has 0 unspecified atom stereocenters. The Morgan fingerprint density at radius 1 is 1.20 bits per heavy atom. The number of imidazole rings is 1. The molecule has 9 heteroatoms. The highest BCUT2D eigenvalue weighted by atomic mass is 32.1. The Balaban J connectivity index is 1.37. The van der Waals surface area contributed by atoms with E-state index in [9.17, 15) is 4.79 Å². The molecule has 1 N–H and O–H groups in total. The van der Waals surface area contributed by atoms with Crippen molar-refractivity contribution in [1.82, 2.24) is 24.8 Å². The monoisotopic (exact) mass is 421 g/mol. The van der Waals surface area contributed by atoms with Gasteiger partial charge < -0.3 is 14.8 Å². The highest BCUT2D eigenvalue weighted by Crippen LogP contribution is 2.29. The number of hydrogen-bond acceptors (Lipinski definition) is 7. The minimum atomic E-state index is -0.210. The van der Waals surface area contributed by atoms with Gasteiger partial charge in [-0.3, -0.25) is 9.36 Å². The van der Waals surface area contributed by atoms with Gasteiger partial charge in [0.15, 0.2) is 11.5 Å².